The summed E-state index contributed by atoms with van der Waals surface area (Å²) in [4.78, 5) is 5.80. The van der Waals surface area contributed by atoms with Crippen molar-refractivity contribution in [3.63, 3.8) is 0 Å². The third-order valence-corrected chi connectivity index (χ3v) is 4.33. The number of nitrogens with zero attached hydrogens (tertiary/aromatic N) is 3. The first-order valence-corrected chi connectivity index (χ1v) is 7.46. The normalized spacial score (nSPS) is 11.4. The highest BCUT2D eigenvalue weighted by molar-refractivity contribution is 7.71. The van der Waals surface area contributed by atoms with E-state index in [1.54, 1.807) is 11.3 Å². The molecule has 0 saturated carbocycles. The number of thiazole rings is 1. The summed E-state index contributed by atoms with van der Waals surface area (Å²) in [5, 5.41) is 8.43. The molecule has 0 unspecified atom stereocenters. The maximum Gasteiger partial charge on any atom is 0.195 e. The van der Waals surface area contributed by atoms with Gasteiger partial charge in [-0.1, -0.05) is 13.8 Å². The predicted octanol–water partition coefficient (Wildman–Crippen LogP) is 3.77. The van der Waals surface area contributed by atoms with Crippen LogP contribution in [0.5, 0.6) is 0 Å². The fourth-order valence-electron chi connectivity index (χ4n) is 1.91. The summed E-state index contributed by atoms with van der Waals surface area (Å²) in [6, 6.07) is 0.295. The summed E-state index contributed by atoms with van der Waals surface area (Å²) in [6.45, 7) is 8.48. The van der Waals surface area contributed by atoms with E-state index >= 15 is 0 Å². The van der Waals surface area contributed by atoms with Crippen LogP contribution in [0.3, 0.4) is 0 Å². The van der Waals surface area contributed by atoms with Crippen molar-refractivity contribution < 1.29 is 0 Å². The highest BCUT2D eigenvalue weighted by Crippen LogP contribution is 2.31. The van der Waals surface area contributed by atoms with Crippen LogP contribution in [-0.4, -0.2) is 19.7 Å². The van der Waals surface area contributed by atoms with Crippen molar-refractivity contribution in [3.05, 3.63) is 15.5 Å². The van der Waals surface area contributed by atoms with Crippen LogP contribution in [0, 0.1) is 4.77 Å². The third kappa shape index (κ3) is 2.27. The largest absolute Gasteiger partial charge is 0.297 e. The second kappa shape index (κ2) is 5.32. The van der Waals surface area contributed by atoms with E-state index in [2.05, 4.69) is 47.4 Å². The molecule has 2 aromatic heterocycles. The minimum Gasteiger partial charge on any atom is -0.297 e. The molecule has 0 aliphatic carbocycles. The molecule has 0 radical (unpaired) electrons. The number of aromatic nitrogens is 4. The van der Waals surface area contributed by atoms with Crippen molar-refractivity contribution in [1.82, 2.24) is 19.7 Å². The molecule has 0 fully saturated rings. The Labute approximate surface area is 116 Å². The van der Waals surface area contributed by atoms with Gasteiger partial charge < -0.3 is 0 Å². The molecule has 2 aromatic rings. The van der Waals surface area contributed by atoms with Gasteiger partial charge in [0.15, 0.2) is 10.6 Å². The van der Waals surface area contributed by atoms with Crippen molar-refractivity contribution in [2.45, 2.75) is 46.6 Å². The quantitative estimate of drug-likeness (QED) is 0.868. The topological polar surface area (TPSA) is 46.5 Å². The van der Waals surface area contributed by atoms with Crippen molar-refractivity contribution in [1.29, 1.82) is 0 Å². The Balaban J connectivity index is 2.61. The highest BCUT2D eigenvalue weighted by atomic mass is 32.1. The maximum absolute atomic E-state index is 5.29. The van der Waals surface area contributed by atoms with Crippen LogP contribution in [0.25, 0.3) is 10.7 Å². The number of nitrogens with one attached hydrogen (secondary N) is 1. The molecule has 6 heteroatoms. The molecule has 1 N–H and O–H groups in total. The fourth-order valence-corrected chi connectivity index (χ4v) is 3.33. The Morgan fingerprint density at radius 2 is 2.06 bits per heavy atom. The lowest BCUT2D eigenvalue weighted by Gasteiger charge is -2.09. The second-order valence-corrected chi connectivity index (χ2v) is 5.88. The zero-order valence-electron chi connectivity index (χ0n) is 11.1. The van der Waals surface area contributed by atoms with Gasteiger partial charge in [-0.2, -0.15) is 5.10 Å². The molecule has 2 rings (SSSR count). The van der Waals surface area contributed by atoms with Gasteiger partial charge in [0, 0.05) is 6.04 Å². The van der Waals surface area contributed by atoms with Gasteiger partial charge in [0.2, 0.25) is 0 Å². The van der Waals surface area contributed by atoms with Crippen molar-refractivity contribution in [2.24, 2.45) is 0 Å². The molecule has 2 heterocycles. The van der Waals surface area contributed by atoms with E-state index in [0.717, 1.165) is 34.2 Å². The van der Waals surface area contributed by atoms with Crippen LogP contribution < -0.4 is 0 Å². The molecule has 0 saturated heterocycles. The minimum absolute atomic E-state index is 0.295. The maximum atomic E-state index is 5.29. The summed E-state index contributed by atoms with van der Waals surface area (Å²) >= 11 is 7.01. The number of hydrogen-bond acceptors (Lipinski definition) is 4. The Hall–Kier alpha value is -1.01. The SMILES string of the molecule is CCc1nc(CC)c(-c2n[nH]c(=S)n2C(C)C)s1. The molecule has 0 bridgehead atoms. The lowest BCUT2D eigenvalue weighted by molar-refractivity contribution is 0.597. The molecule has 18 heavy (non-hydrogen) atoms. The van der Waals surface area contributed by atoms with Gasteiger partial charge >= 0.3 is 0 Å². The van der Waals surface area contributed by atoms with Gasteiger partial charge in [0.25, 0.3) is 0 Å². The summed E-state index contributed by atoms with van der Waals surface area (Å²) in [7, 11) is 0. The summed E-state index contributed by atoms with van der Waals surface area (Å²) in [6.07, 6.45) is 1.88. The lowest BCUT2D eigenvalue weighted by atomic mass is 10.2. The van der Waals surface area contributed by atoms with Crippen LogP contribution in [-0.2, 0) is 12.8 Å². The zero-order valence-corrected chi connectivity index (χ0v) is 12.8. The first-order valence-electron chi connectivity index (χ1n) is 6.24. The van der Waals surface area contributed by atoms with E-state index in [-0.39, 0.29) is 0 Å². The number of aromatic amines is 1. The average molecular weight is 282 g/mol. The van der Waals surface area contributed by atoms with E-state index in [4.69, 9.17) is 12.2 Å². The first-order chi connectivity index (χ1) is 8.58. The fraction of sp³-hybridized carbons (Fsp3) is 0.583. The first kappa shape index (κ1) is 13.4. The van der Waals surface area contributed by atoms with Gasteiger partial charge in [-0.15, -0.1) is 11.3 Å². The monoisotopic (exact) mass is 282 g/mol. The third-order valence-electron chi connectivity index (χ3n) is 2.80. The van der Waals surface area contributed by atoms with Crippen LogP contribution in [0.4, 0.5) is 0 Å². The Morgan fingerprint density at radius 1 is 1.33 bits per heavy atom. The molecule has 0 atom stereocenters. The standard InChI is InChI=1S/C12H18N4S2/c1-5-8-10(18-9(6-2)13-8)11-14-15-12(17)16(11)7(3)4/h7H,5-6H2,1-4H3,(H,15,17). The van der Waals surface area contributed by atoms with E-state index in [9.17, 15) is 0 Å². The molecular formula is C12H18N4S2. The zero-order chi connectivity index (χ0) is 13.3. The predicted molar refractivity (Wildman–Crippen MR) is 77.7 cm³/mol. The number of hydrogen-bond donors (Lipinski definition) is 1. The molecule has 0 aromatic carbocycles. The van der Waals surface area contributed by atoms with Crippen molar-refractivity contribution in [2.75, 3.05) is 0 Å². The van der Waals surface area contributed by atoms with Gasteiger partial charge in [0.05, 0.1) is 15.6 Å². The van der Waals surface area contributed by atoms with E-state index in [1.165, 1.54) is 0 Å². The summed E-state index contributed by atoms with van der Waals surface area (Å²) in [5.41, 5.74) is 1.12. The van der Waals surface area contributed by atoms with Gasteiger partial charge in [-0.25, -0.2) is 4.98 Å². The van der Waals surface area contributed by atoms with E-state index in [0.29, 0.717) is 10.8 Å². The molecule has 0 aliphatic heterocycles. The molecule has 0 spiro atoms. The van der Waals surface area contributed by atoms with Crippen molar-refractivity contribution >= 4 is 23.6 Å². The summed E-state index contributed by atoms with van der Waals surface area (Å²) < 4.78 is 2.73. The summed E-state index contributed by atoms with van der Waals surface area (Å²) in [5.74, 6) is 0.920. The average Bonchev–Trinajstić information content (AvgIpc) is 2.91. The number of aryl methyl sites for hydroxylation is 2. The van der Waals surface area contributed by atoms with Crippen LogP contribution in [0.2, 0.25) is 0 Å². The van der Waals surface area contributed by atoms with Gasteiger partial charge in [0.1, 0.15) is 0 Å². The Kier molecular flexibility index (Phi) is 3.97. The molecular weight excluding hydrogens is 264 g/mol. The second-order valence-electron chi connectivity index (χ2n) is 4.41. The highest BCUT2D eigenvalue weighted by Gasteiger charge is 2.18. The molecule has 98 valence electrons. The molecule has 0 aliphatic rings. The Morgan fingerprint density at radius 3 is 2.61 bits per heavy atom. The van der Waals surface area contributed by atoms with Crippen molar-refractivity contribution in [3.8, 4) is 10.7 Å². The minimum atomic E-state index is 0.295. The molecule has 0 amide bonds. The van der Waals surface area contributed by atoms with Crippen LogP contribution in [0.1, 0.15) is 44.4 Å². The van der Waals surface area contributed by atoms with E-state index in [1.807, 2.05) is 0 Å². The lowest BCUT2D eigenvalue weighted by Crippen LogP contribution is -2.03. The van der Waals surface area contributed by atoms with Gasteiger partial charge in [-0.3, -0.25) is 9.67 Å². The van der Waals surface area contributed by atoms with Crippen LogP contribution in [0.15, 0.2) is 0 Å². The Bertz CT molecular complexity index is 591. The number of H-pyrrole nitrogens is 1. The number of rotatable bonds is 4. The van der Waals surface area contributed by atoms with Crippen LogP contribution >= 0.6 is 23.6 Å². The molecule has 4 nitrogen and oxygen atoms in total. The van der Waals surface area contributed by atoms with Gasteiger partial charge in [-0.05, 0) is 38.9 Å². The smallest absolute Gasteiger partial charge is 0.195 e. The van der Waals surface area contributed by atoms with E-state index < -0.39 is 0 Å².